The van der Waals surface area contributed by atoms with Crippen LogP contribution in [0.25, 0.3) is 0 Å². The first-order valence-corrected chi connectivity index (χ1v) is 8.58. The number of carbonyl (C=O) groups is 1. The van der Waals surface area contributed by atoms with Gasteiger partial charge in [0.1, 0.15) is 17.0 Å². The largest absolute Gasteiger partial charge is 0.444 e. The Kier molecular flexibility index (Phi) is 4.91. The number of pyridine rings is 1. The molecular formula is C19H24N4O3. The van der Waals surface area contributed by atoms with Crippen molar-refractivity contribution in [3.63, 3.8) is 0 Å². The highest BCUT2D eigenvalue weighted by atomic mass is 16.6. The molecule has 2 aromatic heterocycles. The first kappa shape index (κ1) is 18.3. The van der Waals surface area contributed by atoms with Crippen LogP contribution in [0, 0.1) is 0 Å². The standard InChI is InChI=1S/C19H24N4O3/c1-18(2,3)26-17(24)23(12-16-20-8-5-9-21-16)11-15-7-6-14(10-22-15)19(4)13-25-19/h5-10H,11-13H2,1-4H3. The monoisotopic (exact) mass is 356 g/mol. The van der Waals surface area contributed by atoms with Crippen LogP contribution in [0.2, 0.25) is 0 Å². The average Bonchev–Trinajstić information content (AvgIpc) is 3.33. The molecular weight excluding hydrogens is 332 g/mol. The Hall–Kier alpha value is -2.54. The molecule has 1 amide bonds. The van der Waals surface area contributed by atoms with Crippen molar-refractivity contribution in [3.8, 4) is 0 Å². The van der Waals surface area contributed by atoms with E-state index in [0.29, 0.717) is 19.0 Å². The van der Waals surface area contributed by atoms with Crippen LogP contribution in [-0.2, 0) is 28.2 Å². The Bertz CT molecular complexity index is 753. The van der Waals surface area contributed by atoms with Crippen molar-refractivity contribution in [3.05, 3.63) is 53.9 Å². The predicted octanol–water partition coefficient (Wildman–Crippen LogP) is 3.05. The molecule has 1 aliphatic heterocycles. The summed E-state index contributed by atoms with van der Waals surface area (Å²) < 4.78 is 10.9. The van der Waals surface area contributed by atoms with Crippen LogP contribution < -0.4 is 0 Å². The molecule has 3 heterocycles. The van der Waals surface area contributed by atoms with Crippen molar-refractivity contribution >= 4 is 6.09 Å². The zero-order valence-electron chi connectivity index (χ0n) is 15.6. The number of hydrogen-bond donors (Lipinski definition) is 0. The summed E-state index contributed by atoms with van der Waals surface area (Å²) in [5, 5.41) is 0. The molecule has 1 fully saturated rings. The van der Waals surface area contributed by atoms with Crippen molar-refractivity contribution < 1.29 is 14.3 Å². The van der Waals surface area contributed by atoms with Crippen LogP contribution in [0.5, 0.6) is 0 Å². The number of epoxide rings is 1. The summed E-state index contributed by atoms with van der Waals surface area (Å²) in [4.78, 5) is 27.0. The molecule has 3 rings (SSSR count). The van der Waals surface area contributed by atoms with Crippen LogP contribution >= 0.6 is 0 Å². The third-order valence-electron chi connectivity index (χ3n) is 3.97. The van der Waals surface area contributed by atoms with E-state index in [-0.39, 0.29) is 12.1 Å². The quantitative estimate of drug-likeness (QED) is 0.766. The van der Waals surface area contributed by atoms with Gasteiger partial charge in [-0.25, -0.2) is 14.8 Å². The molecule has 7 nitrogen and oxygen atoms in total. The Labute approximate surface area is 153 Å². The van der Waals surface area contributed by atoms with Crippen molar-refractivity contribution in [1.29, 1.82) is 0 Å². The van der Waals surface area contributed by atoms with E-state index in [1.807, 2.05) is 39.8 Å². The molecule has 2 aromatic rings. The highest BCUT2D eigenvalue weighted by Crippen LogP contribution is 2.37. The van der Waals surface area contributed by atoms with Gasteiger partial charge in [0.05, 0.1) is 25.4 Å². The lowest BCUT2D eigenvalue weighted by Gasteiger charge is -2.26. The van der Waals surface area contributed by atoms with E-state index in [1.165, 1.54) is 0 Å². The highest BCUT2D eigenvalue weighted by molar-refractivity contribution is 5.68. The van der Waals surface area contributed by atoms with Crippen LogP contribution in [0.4, 0.5) is 4.79 Å². The number of carbonyl (C=O) groups excluding carboxylic acids is 1. The molecule has 0 aliphatic carbocycles. The summed E-state index contributed by atoms with van der Waals surface area (Å²) in [5.74, 6) is 0.550. The molecule has 0 radical (unpaired) electrons. The molecule has 1 saturated heterocycles. The smallest absolute Gasteiger partial charge is 0.411 e. The summed E-state index contributed by atoms with van der Waals surface area (Å²) in [6.07, 6.45) is 4.68. The molecule has 0 N–H and O–H groups in total. The summed E-state index contributed by atoms with van der Waals surface area (Å²) in [6.45, 7) is 8.82. The van der Waals surface area contributed by atoms with Gasteiger partial charge in [-0.2, -0.15) is 0 Å². The van der Waals surface area contributed by atoms with Gasteiger partial charge in [-0.05, 0) is 39.8 Å². The SMILES string of the molecule is CC(C)(C)OC(=O)N(Cc1ccc(C2(C)CO2)cn1)Cc1ncccn1. The van der Waals surface area contributed by atoms with Crippen LogP contribution in [-0.4, -0.2) is 38.2 Å². The van der Waals surface area contributed by atoms with Gasteiger partial charge in [0, 0.05) is 24.2 Å². The van der Waals surface area contributed by atoms with Gasteiger partial charge in [0.25, 0.3) is 0 Å². The lowest BCUT2D eigenvalue weighted by atomic mass is 10.0. The lowest BCUT2D eigenvalue weighted by Crippen LogP contribution is -2.36. The molecule has 0 bridgehead atoms. The zero-order valence-corrected chi connectivity index (χ0v) is 15.6. The minimum Gasteiger partial charge on any atom is -0.444 e. The normalized spacial score (nSPS) is 19.1. The van der Waals surface area contributed by atoms with Gasteiger partial charge in [0.2, 0.25) is 0 Å². The lowest BCUT2D eigenvalue weighted by molar-refractivity contribution is 0.0209. The number of nitrogens with zero attached hydrogens (tertiary/aromatic N) is 4. The van der Waals surface area contributed by atoms with E-state index < -0.39 is 11.7 Å². The van der Waals surface area contributed by atoms with Gasteiger partial charge in [-0.15, -0.1) is 0 Å². The minimum atomic E-state index is -0.581. The number of aromatic nitrogens is 3. The molecule has 1 aliphatic rings. The summed E-state index contributed by atoms with van der Waals surface area (Å²) in [7, 11) is 0. The molecule has 1 unspecified atom stereocenters. The van der Waals surface area contributed by atoms with Gasteiger partial charge in [-0.1, -0.05) is 6.07 Å². The predicted molar refractivity (Wildman–Crippen MR) is 95.1 cm³/mol. The third-order valence-corrected chi connectivity index (χ3v) is 3.97. The van der Waals surface area contributed by atoms with Crippen molar-refractivity contribution in [1.82, 2.24) is 19.9 Å². The third kappa shape index (κ3) is 4.76. The Morgan fingerprint density at radius 1 is 1.23 bits per heavy atom. The van der Waals surface area contributed by atoms with Crippen LogP contribution in [0.3, 0.4) is 0 Å². The summed E-state index contributed by atoms with van der Waals surface area (Å²) in [5.41, 5.74) is 1.01. The fourth-order valence-electron chi connectivity index (χ4n) is 2.40. The molecule has 7 heteroatoms. The van der Waals surface area contributed by atoms with Crippen molar-refractivity contribution in [2.75, 3.05) is 6.61 Å². The van der Waals surface area contributed by atoms with Crippen LogP contribution in [0.15, 0.2) is 36.8 Å². The van der Waals surface area contributed by atoms with E-state index in [1.54, 1.807) is 29.6 Å². The number of amides is 1. The van der Waals surface area contributed by atoms with E-state index in [0.717, 1.165) is 11.3 Å². The van der Waals surface area contributed by atoms with E-state index in [4.69, 9.17) is 9.47 Å². The first-order valence-electron chi connectivity index (χ1n) is 8.58. The number of hydrogen-bond acceptors (Lipinski definition) is 6. The van der Waals surface area contributed by atoms with Gasteiger partial charge >= 0.3 is 6.09 Å². The zero-order chi connectivity index (χ0) is 18.8. The maximum absolute atomic E-state index is 12.6. The molecule has 1 atom stereocenters. The van der Waals surface area contributed by atoms with Crippen molar-refractivity contribution in [2.45, 2.75) is 52.0 Å². The van der Waals surface area contributed by atoms with Crippen molar-refractivity contribution in [2.24, 2.45) is 0 Å². The van der Waals surface area contributed by atoms with Gasteiger partial charge in [-0.3, -0.25) is 9.88 Å². The van der Waals surface area contributed by atoms with Crippen LogP contribution in [0.1, 0.15) is 44.8 Å². The van der Waals surface area contributed by atoms with Gasteiger partial charge < -0.3 is 9.47 Å². The van der Waals surface area contributed by atoms with E-state index in [9.17, 15) is 4.79 Å². The Morgan fingerprint density at radius 2 is 1.92 bits per heavy atom. The van der Waals surface area contributed by atoms with E-state index >= 15 is 0 Å². The van der Waals surface area contributed by atoms with Gasteiger partial charge in [0.15, 0.2) is 0 Å². The van der Waals surface area contributed by atoms with E-state index in [2.05, 4.69) is 15.0 Å². The second-order valence-electron chi connectivity index (χ2n) is 7.56. The highest BCUT2D eigenvalue weighted by Gasteiger charge is 2.41. The Morgan fingerprint density at radius 3 is 2.46 bits per heavy atom. The fraction of sp³-hybridized carbons (Fsp3) is 0.474. The second-order valence-corrected chi connectivity index (χ2v) is 7.56. The second kappa shape index (κ2) is 6.99. The number of rotatable bonds is 5. The molecule has 0 aromatic carbocycles. The topological polar surface area (TPSA) is 80.7 Å². The first-order chi connectivity index (χ1) is 12.3. The summed E-state index contributed by atoms with van der Waals surface area (Å²) in [6, 6.07) is 5.63. The average molecular weight is 356 g/mol. The Balaban J connectivity index is 1.75. The molecule has 0 spiro atoms. The maximum atomic E-state index is 12.6. The molecule has 0 saturated carbocycles. The summed E-state index contributed by atoms with van der Waals surface area (Å²) >= 11 is 0. The molecule has 138 valence electrons. The number of ether oxygens (including phenoxy) is 2. The fourth-order valence-corrected chi connectivity index (χ4v) is 2.40. The maximum Gasteiger partial charge on any atom is 0.411 e. The molecule has 26 heavy (non-hydrogen) atoms. The minimum absolute atomic E-state index is 0.214.